The van der Waals surface area contributed by atoms with Gasteiger partial charge in [-0.05, 0) is 35.2 Å². The van der Waals surface area contributed by atoms with Crippen molar-refractivity contribution in [1.29, 1.82) is 0 Å². The van der Waals surface area contributed by atoms with Crippen LogP contribution in [0.5, 0.6) is 5.75 Å². The smallest absolute Gasteiger partial charge is 0.338 e. The van der Waals surface area contributed by atoms with Crippen molar-refractivity contribution >= 4 is 12.0 Å². The molecule has 2 heterocycles. The average Bonchev–Trinajstić information content (AvgIpc) is 2.78. The van der Waals surface area contributed by atoms with Crippen LogP contribution in [0.2, 0.25) is 0 Å². The maximum atomic E-state index is 12.7. The Labute approximate surface area is 175 Å². The van der Waals surface area contributed by atoms with Crippen LogP contribution in [0.3, 0.4) is 0 Å². The van der Waals surface area contributed by atoms with E-state index in [9.17, 15) is 9.59 Å². The van der Waals surface area contributed by atoms with E-state index in [0.29, 0.717) is 23.6 Å². The van der Waals surface area contributed by atoms with Crippen molar-refractivity contribution in [3.8, 4) is 5.75 Å². The summed E-state index contributed by atoms with van der Waals surface area (Å²) < 4.78 is 10.4. The number of ether oxygens (including phenoxy) is 2. The number of hydrogen-bond acceptors (Lipinski definition) is 5. The molecule has 4 rings (SSSR count). The van der Waals surface area contributed by atoms with E-state index in [0.717, 1.165) is 25.1 Å². The van der Waals surface area contributed by atoms with E-state index in [1.807, 2.05) is 30.3 Å². The van der Waals surface area contributed by atoms with E-state index in [1.165, 1.54) is 18.2 Å². The second-order valence-electron chi connectivity index (χ2n) is 7.42. The molecule has 0 radical (unpaired) electrons. The fourth-order valence-corrected chi connectivity index (χ4v) is 4.08. The van der Waals surface area contributed by atoms with Crippen LogP contribution in [0.25, 0.3) is 0 Å². The van der Waals surface area contributed by atoms with Crippen molar-refractivity contribution in [2.75, 3.05) is 27.3 Å². The first-order valence-corrected chi connectivity index (χ1v) is 9.91. The molecule has 0 saturated carbocycles. The first kappa shape index (κ1) is 20.0. The minimum Gasteiger partial charge on any atom is -0.497 e. The summed E-state index contributed by atoms with van der Waals surface area (Å²) >= 11 is 0. The number of urea groups is 1. The lowest BCUT2D eigenvalue weighted by Gasteiger charge is -2.34. The molecule has 2 aromatic carbocycles. The summed E-state index contributed by atoms with van der Waals surface area (Å²) in [5.74, 6) is 0.182. The molecule has 0 bridgehead atoms. The number of carbonyl (C=O) groups is 2. The van der Waals surface area contributed by atoms with Crippen LogP contribution < -0.4 is 15.4 Å². The fourth-order valence-electron chi connectivity index (χ4n) is 4.08. The van der Waals surface area contributed by atoms with Gasteiger partial charge in [-0.15, -0.1) is 0 Å². The molecule has 156 valence electrons. The second kappa shape index (κ2) is 8.59. The number of nitrogens with one attached hydrogen (secondary N) is 2. The third-order valence-corrected chi connectivity index (χ3v) is 5.58. The number of nitrogens with zero attached hydrogens (tertiary/aromatic N) is 1. The van der Waals surface area contributed by atoms with Crippen LogP contribution in [-0.4, -0.2) is 44.2 Å². The first-order chi connectivity index (χ1) is 14.6. The highest BCUT2D eigenvalue weighted by Gasteiger charge is 2.34. The topological polar surface area (TPSA) is 79.9 Å². The van der Waals surface area contributed by atoms with E-state index in [2.05, 4.69) is 33.7 Å². The van der Waals surface area contributed by atoms with Crippen molar-refractivity contribution in [3.63, 3.8) is 0 Å². The van der Waals surface area contributed by atoms with Crippen LogP contribution in [0.15, 0.2) is 59.8 Å². The molecule has 2 aliphatic rings. The number of benzene rings is 2. The molecule has 0 saturated heterocycles. The van der Waals surface area contributed by atoms with E-state index >= 15 is 0 Å². The summed E-state index contributed by atoms with van der Waals surface area (Å²) in [6.45, 7) is 2.07. The maximum Gasteiger partial charge on any atom is 0.338 e. The van der Waals surface area contributed by atoms with E-state index in [4.69, 9.17) is 9.47 Å². The Morgan fingerprint density at radius 2 is 1.93 bits per heavy atom. The molecule has 2 aromatic rings. The lowest BCUT2D eigenvalue weighted by molar-refractivity contribution is -0.136. The Hall–Kier alpha value is -3.32. The number of hydrogen-bond donors (Lipinski definition) is 2. The van der Waals surface area contributed by atoms with Gasteiger partial charge >= 0.3 is 12.0 Å². The van der Waals surface area contributed by atoms with Crippen LogP contribution in [0.1, 0.15) is 22.7 Å². The first-order valence-electron chi connectivity index (χ1n) is 9.91. The SMILES string of the molecule is COC(=O)C1=C(CN2CCc3ccccc3C2)NC(=O)N[C@@H]1c1cccc(OC)c1. The van der Waals surface area contributed by atoms with Crippen LogP contribution in [-0.2, 0) is 22.5 Å². The predicted octanol–water partition coefficient (Wildman–Crippen LogP) is 2.53. The number of esters is 1. The summed E-state index contributed by atoms with van der Waals surface area (Å²) in [5.41, 5.74) is 4.35. The van der Waals surface area contributed by atoms with Crippen LogP contribution >= 0.6 is 0 Å². The van der Waals surface area contributed by atoms with Gasteiger partial charge in [-0.2, -0.15) is 0 Å². The molecule has 1 atom stereocenters. The summed E-state index contributed by atoms with van der Waals surface area (Å²) in [4.78, 5) is 27.4. The molecule has 0 spiro atoms. The standard InChI is InChI=1S/C23H25N3O4/c1-29-18-9-5-8-16(12-18)21-20(22(27)30-2)19(24-23(28)25-21)14-26-11-10-15-6-3-4-7-17(15)13-26/h3-9,12,21H,10-11,13-14H2,1-2H3,(H2,24,25,28)/t21-/m1/s1. The van der Waals surface area contributed by atoms with Gasteiger partial charge in [0.2, 0.25) is 0 Å². The highest BCUT2D eigenvalue weighted by molar-refractivity contribution is 5.95. The quantitative estimate of drug-likeness (QED) is 0.745. The van der Waals surface area contributed by atoms with Crippen molar-refractivity contribution in [1.82, 2.24) is 15.5 Å². The molecule has 0 aliphatic carbocycles. The summed E-state index contributed by atoms with van der Waals surface area (Å²) in [6, 6.07) is 14.7. The number of carbonyl (C=O) groups excluding carboxylic acids is 2. The van der Waals surface area contributed by atoms with Gasteiger partial charge in [-0.1, -0.05) is 36.4 Å². The van der Waals surface area contributed by atoms with E-state index in [-0.39, 0.29) is 6.03 Å². The van der Waals surface area contributed by atoms with Gasteiger partial charge in [0.05, 0.1) is 25.8 Å². The number of methoxy groups -OCH3 is 2. The summed E-state index contributed by atoms with van der Waals surface area (Å²) in [6.07, 6.45) is 0.933. The Morgan fingerprint density at radius 1 is 1.13 bits per heavy atom. The molecule has 7 nitrogen and oxygen atoms in total. The van der Waals surface area contributed by atoms with Gasteiger partial charge in [0.15, 0.2) is 0 Å². The highest BCUT2D eigenvalue weighted by atomic mass is 16.5. The molecule has 2 N–H and O–H groups in total. The third-order valence-electron chi connectivity index (χ3n) is 5.58. The Kier molecular flexibility index (Phi) is 5.72. The minimum atomic E-state index is -0.617. The largest absolute Gasteiger partial charge is 0.497 e. The zero-order chi connectivity index (χ0) is 21.1. The fraction of sp³-hybridized carbons (Fsp3) is 0.304. The van der Waals surface area contributed by atoms with Crippen LogP contribution in [0, 0.1) is 0 Å². The molecule has 30 heavy (non-hydrogen) atoms. The molecule has 0 unspecified atom stereocenters. The molecule has 0 aromatic heterocycles. The molecular weight excluding hydrogens is 382 g/mol. The van der Waals surface area contributed by atoms with Gasteiger partial charge in [0.1, 0.15) is 5.75 Å². The average molecular weight is 407 g/mol. The second-order valence-corrected chi connectivity index (χ2v) is 7.42. The number of fused-ring (bicyclic) bond motifs is 1. The molecule has 0 fully saturated rings. The lowest BCUT2D eigenvalue weighted by atomic mass is 9.94. The maximum absolute atomic E-state index is 12.7. The lowest BCUT2D eigenvalue weighted by Crippen LogP contribution is -2.48. The van der Waals surface area contributed by atoms with Crippen molar-refractivity contribution < 1.29 is 19.1 Å². The van der Waals surface area contributed by atoms with Gasteiger partial charge in [-0.25, -0.2) is 9.59 Å². The Bertz CT molecular complexity index is 1000. The summed E-state index contributed by atoms with van der Waals surface area (Å²) in [5, 5.41) is 5.69. The van der Waals surface area contributed by atoms with Crippen molar-refractivity contribution in [3.05, 3.63) is 76.5 Å². The van der Waals surface area contributed by atoms with Gasteiger partial charge in [0.25, 0.3) is 0 Å². The monoisotopic (exact) mass is 407 g/mol. The van der Waals surface area contributed by atoms with E-state index < -0.39 is 12.0 Å². The normalized spacial score (nSPS) is 18.9. The zero-order valence-corrected chi connectivity index (χ0v) is 17.1. The number of rotatable bonds is 5. The molecule has 2 aliphatic heterocycles. The van der Waals surface area contributed by atoms with Gasteiger partial charge in [-0.3, -0.25) is 4.90 Å². The van der Waals surface area contributed by atoms with Crippen molar-refractivity contribution in [2.45, 2.75) is 19.0 Å². The van der Waals surface area contributed by atoms with E-state index in [1.54, 1.807) is 7.11 Å². The summed E-state index contributed by atoms with van der Waals surface area (Å²) in [7, 11) is 2.93. The Balaban J connectivity index is 1.68. The molecular formula is C23H25N3O4. The van der Waals surface area contributed by atoms with Gasteiger partial charge in [0, 0.05) is 25.3 Å². The zero-order valence-electron chi connectivity index (χ0n) is 17.1. The molecule has 7 heteroatoms. The number of amides is 2. The van der Waals surface area contributed by atoms with Crippen molar-refractivity contribution in [2.24, 2.45) is 0 Å². The third kappa shape index (κ3) is 4.02. The molecule has 2 amide bonds. The predicted molar refractivity (Wildman–Crippen MR) is 112 cm³/mol. The highest BCUT2D eigenvalue weighted by Crippen LogP contribution is 2.30. The van der Waals surface area contributed by atoms with Crippen LogP contribution in [0.4, 0.5) is 4.79 Å². The van der Waals surface area contributed by atoms with Gasteiger partial charge < -0.3 is 20.1 Å². The minimum absolute atomic E-state index is 0.345. The Morgan fingerprint density at radius 3 is 2.70 bits per heavy atom.